The Kier molecular flexibility index (Phi) is 5.82. The zero-order valence-corrected chi connectivity index (χ0v) is 16.9. The van der Waals surface area contributed by atoms with Gasteiger partial charge in [0, 0.05) is 20.4 Å². The summed E-state index contributed by atoms with van der Waals surface area (Å²) in [6.07, 6.45) is 0. The number of halogens is 4. The number of alkyl halides is 1. The van der Waals surface area contributed by atoms with Crippen molar-refractivity contribution >= 4 is 70.7 Å². The predicted octanol–water partition coefficient (Wildman–Crippen LogP) is 6.43. The summed E-state index contributed by atoms with van der Waals surface area (Å²) in [5, 5.41) is 0.630. The standard InChI is InChI=1S/C13H10Br3ClO2S/c1-18-9-3-6(8(17)5-10(9)19-2)12(15)11-4-7(14)13(16)20-11/h3-5,12H,1-2H3. The van der Waals surface area contributed by atoms with Gasteiger partial charge in [0.25, 0.3) is 0 Å². The Morgan fingerprint density at radius 2 is 1.70 bits per heavy atom. The molecular formula is C13H10Br3ClO2S. The van der Waals surface area contributed by atoms with Crippen LogP contribution in [0.4, 0.5) is 0 Å². The fourth-order valence-electron chi connectivity index (χ4n) is 1.71. The van der Waals surface area contributed by atoms with Gasteiger partial charge in [0.05, 0.1) is 22.8 Å². The van der Waals surface area contributed by atoms with Crippen molar-refractivity contribution in [3.05, 3.63) is 41.9 Å². The van der Waals surface area contributed by atoms with Crippen molar-refractivity contribution < 1.29 is 9.47 Å². The number of methoxy groups -OCH3 is 2. The summed E-state index contributed by atoms with van der Waals surface area (Å²) >= 11 is 18.7. The second-order valence-electron chi connectivity index (χ2n) is 3.86. The van der Waals surface area contributed by atoms with Crippen LogP contribution in [0.25, 0.3) is 0 Å². The molecule has 0 N–H and O–H groups in total. The van der Waals surface area contributed by atoms with Crippen LogP contribution in [0.2, 0.25) is 5.02 Å². The van der Waals surface area contributed by atoms with Gasteiger partial charge < -0.3 is 9.47 Å². The molecule has 7 heteroatoms. The molecule has 0 saturated carbocycles. The van der Waals surface area contributed by atoms with Crippen LogP contribution < -0.4 is 9.47 Å². The van der Waals surface area contributed by atoms with E-state index in [4.69, 9.17) is 21.1 Å². The first-order valence-electron chi connectivity index (χ1n) is 5.48. The summed E-state index contributed by atoms with van der Waals surface area (Å²) < 4.78 is 12.6. The van der Waals surface area contributed by atoms with Crippen molar-refractivity contribution in [3.8, 4) is 11.5 Å². The molecule has 2 nitrogen and oxygen atoms in total. The molecule has 0 bridgehead atoms. The van der Waals surface area contributed by atoms with Gasteiger partial charge >= 0.3 is 0 Å². The molecule has 0 radical (unpaired) electrons. The number of hydrogen-bond donors (Lipinski definition) is 0. The predicted molar refractivity (Wildman–Crippen MR) is 95.0 cm³/mol. The molecule has 1 heterocycles. The van der Waals surface area contributed by atoms with Gasteiger partial charge in [-0.15, -0.1) is 11.3 Å². The van der Waals surface area contributed by atoms with Crippen molar-refractivity contribution in [2.75, 3.05) is 14.2 Å². The summed E-state index contributed by atoms with van der Waals surface area (Å²) in [7, 11) is 3.20. The lowest BCUT2D eigenvalue weighted by Crippen LogP contribution is -1.96. The number of benzene rings is 1. The molecule has 20 heavy (non-hydrogen) atoms. The first-order chi connectivity index (χ1) is 9.47. The lowest BCUT2D eigenvalue weighted by Gasteiger charge is -2.14. The van der Waals surface area contributed by atoms with Crippen LogP contribution in [-0.4, -0.2) is 14.2 Å². The van der Waals surface area contributed by atoms with Crippen LogP contribution in [0, 0.1) is 0 Å². The van der Waals surface area contributed by atoms with E-state index < -0.39 is 0 Å². The highest BCUT2D eigenvalue weighted by atomic mass is 79.9. The maximum atomic E-state index is 6.34. The SMILES string of the molecule is COc1cc(Cl)c(C(Br)c2cc(Br)c(Br)s2)cc1OC. The Morgan fingerprint density at radius 1 is 1.10 bits per heavy atom. The van der Waals surface area contributed by atoms with E-state index in [0.717, 1.165) is 18.7 Å². The molecule has 0 aliphatic rings. The smallest absolute Gasteiger partial charge is 0.162 e. The molecule has 1 unspecified atom stereocenters. The van der Waals surface area contributed by atoms with E-state index >= 15 is 0 Å². The highest BCUT2D eigenvalue weighted by molar-refractivity contribution is 9.13. The Labute approximate surface area is 151 Å². The van der Waals surface area contributed by atoms with E-state index in [1.54, 1.807) is 31.6 Å². The minimum atomic E-state index is -0.0117. The van der Waals surface area contributed by atoms with E-state index in [1.807, 2.05) is 6.07 Å². The molecule has 0 spiro atoms. The maximum Gasteiger partial charge on any atom is 0.162 e. The highest BCUT2D eigenvalue weighted by Gasteiger charge is 2.20. The van der Waals surface area contributed by atoms with E-state index in [-0.39, 0.29) is 4.83 Å². The molecule has 108 valence electrons. The van der Waals surface area contributed by atoms with Crippen molar-refractivity contribution in [2.45, 2.75) is 4.83 Å². The van der Waals surface area contributed by atoms with Gasteiger partial charge in [-0.1, -0.05) is 27.5 Å². The quantitative estimate of drug-likeness (QED) is 0.446. The van der Waals surface area contributed by atoms with Crippen molar-refractivity contribution in [3.63, 3.8) is 0 Å². The molecule has 1 aromatic heterocycles. The fraction of sp³-hybridized carbons (Fsp3) is 0.231. The Bertz CT molecular complexity index is 611. The fourth-order valence-corrected chi connectivity index (χ4v) is 4.98. The van der Waals surface area contributed by atoms with Crippen LogP contribution in [-0.2, 0) is 0 Å². The Hall–Kier alpha value is 0.250. The highest BCUT2D eigenvalue weighted by Crippen LogP contribution is 2.45. The van der Waals surface area contributed by atoms with Crippen LogP contribution >= 0.6 is 70.7 Å². The maximum absolute atomic E-state index is 6.34. The van der Waals surface area contributed by atoms with Crippen LogP contribution in [0.3, 0.4) is 0 Å². The molecule has 0 saturated heterocycles. The molecule has 0 amide bonds. The van der Waals surface area contributed by atoms with Crippen LogP contribution in [0.1, 0.15) is 15.3 Å². The Balaban J connectivity index is 2.46. The van der Waals surface area contributed by atoms with Gasteiger partial charge in [-0.25, -0.2) is 0 Å². The summed E-state index contributed by atoms with van der Waals surface area (Å²) in [4.78, 5) is 1.13. The molecule has 0 fully saturated rings. The number of ether oxygens (including phenoxy) is 2. The second kappa shape index (κ2) is 7.01. The van der Waals surface area contributed by atoms with Crippen LogP contribution in [0.15, 0.2) is 26.5 Å². The average molecular weight is 505 g/mol. The third kappa shape index (κ3) is 3.35. The molecule has 0 aliphatic heterocycles. The monoisotopic (exact) mass is 502 g/mol. The number of hydrogen-bond acceptors (Lipinski definition) is 3. The van der Waals surface area contributed by atoms with Crippen molar-refractivity contribution in [2.24, 2.45) is 0 Å². The largest absolute Gasteiger partial charge is 0.493 e. The third-order valence-corrected chi connectivity index (χ3v) is 7.63. The lowest BCUT2D eigenvalue weighted by molar-refractivity contribution is 0.354. The molecule has 2 aromatic rings. The van der Waals surface area contributed by atoms with Crippen molar-refractivity contribution in [1.82, 2.24) is 0 Å². The van der Waals surface area contributed by atoms with E-state index in [2.05, 4.69) is 53.9 Å². The van der Waals surface area contributed by atoms with Gasteiger partial charge in [0.15, 0.2) is 11.5 Å². The van der Waals surface area contributed by atoms with E-state index in [9.17, 15) is 0 Å². The molecule has 1 atom stereocenters. The van der Waals surface area contributed by atoms with E-state index in [1.165, 1.54) is 0 Å². The van der Waals surface area contributed by atoms with Gasteiger partial charge in [-0.3, -0.25) is 0 Å². The van der Waals surface area contributed by atoms with Crippen molar-refractivity contribution in [1.29, 1.82) is 0 Å². The van der Waals surface area contributed by atoms with Gasteiger partial charge in [0.2, 0.25) is 0 Å². The first-order valence-corrected chi connectivity index (χ1v) is 9.17. The molecule has 0 aliphatic carbocycles. The van der Waals surface area contributed by atoms with Gasteiger partial charge in [-0.2, -0.15) is 0 Å². The summed E-state index contributed by atoms with van der Waals surface area (Å²) in [5.41, 5.74) is 0.936. The van der Waals surface area contributed by atoms with Gasteiger partial charge in [-0.05, 0) is 49.6 Å². The first kappa shape index (κ1) is 16.6. The summed E-state index contributed by atoms with van der Waals surface area (Å²) in [6.45, 7) is 0. The average Bonchev–Trinajstić information content (AvgIpc) is 2.77. The van der Waals surface area contributed by atoms with Crippen LogP contribution in [0.5, 0.6) is 11.5 Å². The van der Waals surface area contributed by atoms with Gasteiger partial charge in [0.1, 0.15) is 0 Å². The normalized spacial score (nSPS) is 12.3. The minimum absolute atomic E-state index is 0.0117. The second-order valence-corrected chi connectivity index (χ2v) is 8.44. The molecule has 1 aromatic carbocycles. The number of rotatable bonds is 4. The zero-order valence-electron chi connectivity index (χ0n) is 10.5. The minimum Gasteiger partial charge on any atom is -0.493 e. The summed E-state index contributed by atoms with van der Waals surface area (Å²) in [6, 6.07) is 5.71. The number of thiophene rings is 1. The Morgan fingerprint density at radius 3 is 2.20 bits per heavy atom. The topological polar surface area (TPSA) is 18.5 Å². The third-order valence-electron chi connectivity index (χ3n) is 2.69. The van der Waals surface area contributed by atoms with E-state index in [0.29, 0.717) is 16.5 Å². The molecule has 2 rings (SSSR count). The lowest BCUT2D eigenvalue weighted by atomic mass is 10.1. The molecular weight excluding hydrogens is 495 g/mol. The zero-order chi connectivity index (χ0) is 14.9. The summed E-state index contributed by atoms with van der Waals surface area (Å²) in [5.74, 6) is 1.28.